The molecule has 0 spiro atoms. The highest BCUT2D eigenvalue weighted by atomic mass is 35.5. The van der Waals surface area contributed by atoms with E-state index in [0.29, 0.717) is 27.6 Å². The van der Waals surface area contributed by atoms with Crippen molar-refractivity contribution < 1.29 is 9.53 Å². The summed E-state index contributed by atoms with van der Waals surface area (Å²) < 4.78 is 5.73. The summed E-state index contributed by atoms with van der Waals surface area (Å²) in [6.07, 6.45) is 0. The Kier molecular flexibility index (Phi) is 7.25. The van der Waals surface area contributed by atoms with Gasteiger partial charge in [-0.2, -0.15) is 5.26 Å². The minimum absolute atomic E-state index is 0.437. The summed E-state index contributed by atoms with van der Waals surface area (Å²) in [5.74, 6) is -0.311. The van der Waals surface area contributed by atoms with Gasteiger partial charge >= 0.3 is 5.97 Å². The number of nitrogens with zero attached hydrogens (tertiary/aromatic N) is 1. The maximum atomic E-state index is 13.3. The number of benzene rings is 3. The van der Waals surface area contributed by atoms with Crippen LogP contribution in [0, 0.1) is 11.3 Å². The van der Waals surface area contributed by atoms with Crippen molar-refractivity contribution in [2.24, 2.45) is 0 Å². The predicted molar refractivity (Wildman–Crippen MR) is 144 cm³/mol. The molecule has 1 unspecified atom stereocenters. The number of nitriles is 1. The lowest BCUT2D eigenvalue weighted by atomic mass is 9.82. The molecule has 0 bridgehead atoms. The molecule has 0 saturated heterocycles. The average molecular weight is 503 g/mol. The van der Waals surface area contributed by atoms with Gasteiger partial charge in [0.15, 0.2) is 0 Å². The van der Waals surface area contributed by atoms with Crippen LogP contribution in [0.3, 0.4) is 0 Å². The third-order valence-electron chi connectivity index (χ3n) is 5.72. The van der Waals surface area contributed by atoms with E-state index in [4.69, 9.17) is 16.3 Å². The largest absolute Gasteiger partial charge is 0.457 e. The molecule has 0 radical (unpaired) electrons. The molecule has 178 valence electrons. The molecule has 3 aromatic rings. The first-order valence-electron chi connectivity index (χ1n) is 11.4. The molecule has 3 aromatic carbocycles. The lowest BCUT2D eigenvalue weighted by Gasteiger charge is -2.31. The fraction of sp³-hybridized carbons (Fsp3) is 0.241. The number of carbonyl (C=O) groups is 1. The molecule has 1 heterocycles. The van der Waals surface area contributed by atoms with Crippen molar-refractivity contribution in [3.8, 4) is 6.07 Å². The SMILES string of the molecule is CC1=C(C(=O)OC(C)(C)C)C(c2ccc(Cl)cc2)C(C#N)=C(SCc2cccc3ccccc23)N1. The minimum atomic E-state index is -0.658. The average Bonchev–Trinajstić information content (AvgIpc) is 2.81. The number of dihydropyridines is 1. The highest BCUT2D eigenvalue weighted by molar-refractivity contribution is 8.02. The molecule has 0 aliphatic carbocycles. The van der Waals surface area contributed by atoms with E-state index in [9.17, 15) is 10.1 Å². The molecule has 1 aliphatic heterocycles. The van der Waals surface area contributed by atoms with Gasteiger partial charge < -0.3 is 10.1 Å². The van der Waals surface area contributed by atoms with Crippen LogP contribution in [0.1, 0.15) is 44.7 Å². The Balaban J connectivity index is 1.74. The number of esters is 1. The zero-order chi connectivity index (χ0) is 25.2. The van der Waals surface area contributed by atoms with Gasteiger partial charge in [-0.3, -0.25) is 0 Å². The smallest absolute Gasteiger partial charge is 0.337 e. The number of hydrogen-bond donors (Lipinski definition) is 1. The Labute approximate surface area is 215 Å². The van der Waals surface area contributed by atoms with Crippen LogP contribution in [0.25, 0.3) is 10.8 Å². The molecule has 0 saturated carbocycles. The Morgan fingerprint density at radius 2 is 1.77 bits per heavy atom. The highest BCUT2D eigenvalue weighted by Gasteiger charge is 2.36. The Morgan fingerprint density at radius 3 is 2.46 bits per heavy atom. The molecule has 35 heavy (non-hydrogen) atoms. The van der Waals surface area contributed by atoms with Gasteiger partial charge in [0, 0.05) is 16.5 Å². The number of carbonyl (C=O) groups excluding carboxylic acids is 1. The molecular formula is C29H27ClN2O2S. The van der Waals surface area contributed by atoms with Crippen molar-refractivity contribution in [1.82, 2.24) is 5.32 Å². The quantitative estimate of drug-likeness (QED) is 0.367. The summed E-state index contributed by atoms with van der Waals surface area (Å²) in [4.78, 5) is 13.3. The van der Waals surface area contributed by atoms with Gasteiger partial charge in [0.25, 0.3) is 0 Å². The van der Waals surface area contributed by atoms with Crippen molar-refractivity contribution in [1.29, 1.82) is 5.26 Å². The second kappa shape index (κ2) is 10.2. The molecule has 4 nitrogen and oxygen atoms in total. The first-order chi connectivity index (χ1) is 16.7. The van der Waals surface area contributed by atoms with Crippen LogP contribution in [-0.4, -0.2) is 11.6 Å². The van der Waals surface area contributed by atoms with E-state index >= 15 is 0 Å². The predicted octanol–water partition coefficient (Wildman–Crippen LogP) is 7.46. The van der Waals surface area contributed by atoms with Crippen LogP contribution >= 0.6 is 23.4 Å². The molecule has 6 heteroatoms. The highest BCUT2D eigenvalue weighted by Crippen LogP contribution is 2.42. The van der Waals surface area contributed by atoms with Gasteiger partial charge in [0.2, 0.25) is 0 Å². The van der Waals surface area contributed by atoms with E-state index in [1.807, 2.05) is 58.0 Å². The molecule has 1 atom stereocenters. The van der Waals surface area contributed by atoms with Gasteiger partial charge in [-0.1, -0.05) is 66.2 Å². The molecule has 0 amide bonds. The van der Waals surface area contributed by atoms with Crippen LogP contribution in [0.4, 0.5) is 0 Å². The number of rotatable bonds is 5. The number of halogens is 1. The number of allylic oxidation sites excluding steroid dienone is 2. The normalized spacial score (nSPS) is 16.2. The summed E-state index contributed by atoms with van der Waals surface area (Å²) >= 11 is 7.70. The standard InChI is InChI=1S/C29H27ClN2O2S/c1-18-25(28(33)34-29(2,3)4)26(20-12-14-22(30)15-13-20)24(16-31)27(32-18)35-17-21-10-7-9-19-8-5-6-11-23(19)21/h5-15,26,32H,17H2,1-4H3. The second-order valence-electron chi connectivity index (χ2n) is 9.43. The second-order valence-corrected chi connectivity index (χ2v) is 10.9. The van der Waals surface area contributed by atoms with Gasteiger partial charge in [0.05, 0.1) is 28.2 Å². The zero-order valence-electron chi connectivity index (χ0n) is 20.2. The minimum Gasteiger partial charge on any atom is -0.457 e. The van der Waals surface area contributed by atoms with E-state index in [0.717, 1.165) is 10.6 Å². The third-order valence-corrected chi connectivity index (χ3v) is 7.04. The maximum Gasteiger partial charge on any atom is 0.337 e. The third kappa shape index (κ3) is 5.56. The molecule has 4 rings (SSSR count). The Bertz CT molecular complexity index is 1370. The summed E-state index contributed by atoms with van der Waals surface area (Å²) in [5, 5.41) is 17.3. The maximum absolute atomic E-state index is 13.3. The molecule has 1 aliphatic rings. The van der Waals surface area contributed by atoms with Gasteiger partial charge in [-0.15, -0.1) is 11.8 Å². The Hall–Kier alpha value is -3.20. The topological polar surface area (TPSA) is 62.1 Å². The van der Waals surface area contributed by atoms with E-state index in [2.05, 4.69) is 35.7 Å². The lowest BCUT2D eigenvalue weighted by Crippen LogP contribution is -2.32. The first-order valence-corrected chi connectivity index (χ1v) is 12.7. The molecule has 0 aromatic heterocycles. The van der Waals surface area contributed by atoms with Crippen molar-refractivity contribution in [3.63, 3.8) is 0 Å². The van der Waals surface area contributed by atoms with Gasteiger partial charge in [-0.05, 0) is 61.7 Å². The Morgan fingerprint density at radius 1 is 1.09 bits per heavy atom. The molecule has 1 N–H and O–H groups in total. The van der Waals surface area contributed by atoms with E-state index < -0.39 is 17.5 Å². The summed E-state index contributed by atoms with van der Waals surface area (Å²) in [7, 11) is 0. The zero-order valence-corrected chi connectivity index (χ0v) is 21.8. The summed E-state index contributed by atoms with van der Waals surface area (Å²) in [6, 6.07) is 24.2. The monoisotopic (exact) mass is 502 g/mol. The van der Waals surface area contributed by atoms with E-state index in [1.165, 1.54) is 16.3 Å². The number of nitrogens with one attached hydrogen (secondary N) is 1. The van der Waals surface area contributed by atoms with E-state index in [1.54, 1.807) is 23.9 Å². The summed E-state index contributed by atoms with van der Waals surface area (Å²) in [6.45, 7) is 7.36. The van der Waals surface area contributed by atoms with Crippen molar-refractivity contribution in [2.75, 3.05) is 0 Å². The van der Waals surface area contributed by atoms with Crippen molar-refractivity contribution in [2.45, 2.75) is 45.0 Å². The van der Waals surface area contributed by atoms with Crippen LogP contribution < -0.4 is 5.32 Å². The fourth-order valence-electron chi connectivity index (χ4n) is 4.19. The van der Waals surface area contributed by atoms with Crippen molar-refractivity contribution >= 4 is 40.1 Å². The van der Waals surface area contributed by atoms with Crippen LogP contribution in [0.2, 0.25) is 5.02 Å². The lowest BCUT2D eigenvalue weighted by molar-refractivity contribution is -0.150. The van der Waals surface area contributed by atoms with Crippen molar-refractivity contribution in [3.05, 3.63) is 105 Å². The van der Waals surface area contributed by atoms with Crippen LogP contribution in [0.15, 0.2) is 88.6 Å². The van der Waals surface area contributed by atoms with Gasteiger partial charge in [-0.25, -0.2) is 4.79 Å². The molecule has 0 fully saturated rings. The van der Waals surface area contributed by atoms with Crippen LogP contribution in [-0.2, 0) is 15.3 Å². The van der Waals surface area contributed by atoms with Crippen LogP contribution in [0.5, 0.6) is 0 Å². The summed E-state index contributed by atoms with van der Waals surface area (Å²) in [5.41, 5.74) is 2.95. The fourth-order valence-corrected chi connectivity index (χ4v) is 5.41. The number of thioether (sulfide) groups is 1. The molecular weight excluding hydrogens is 476 g/mol. The first kappa shape index (κ1) is 24.9. The number of hydrogen-bond acceptors (Lipinski definition) is 5. The van der Waals surface area contributed by atoms with E-state index in [-0.39, 0.29) is 0 Å². The van der Waals surface area contributed by atoms with Gasteiger partial charge in [0.1, 0.15) is 5.60 Å². The number of ether oxygens (including phenoxy) is 1. The number of fused-ring (bicyclic) bond motifs is 1.